The van der Waals surface area contributed by atoms with Crippen molar-refractivity contribution in [3.05, 3.63) is 251 Å². The molecule has 1 nitrogen and oxygen atoms in total. The van der Waals surface area contributed by atoms with Crippen LogP contribution >= 0.6 is 0 Å². The zero-order chi connectivity index (χ0) is 38.5. The van der Waals surface area contributed by atoms with E-state index in [0.717, 1.165) is 16.9 Å². The fourth-order valence-corrected chi connectivity index (χ4v) is 12.0. The number of benzene rings is 10. The lowest BCUT2D eigenvalue weighted by molar-refractivity contribution is 0.442. The summed E-state index contributed by atoms with van der Waals surface area (Å²) in [6.07, 6.45) is 0. The standard InChI is InChI=1S/C58H34O/c1-2-22-44-37(17-1)45(34-53-56(44)59-54-30-12-11-28-50(54)57(53)46-24-7-3-18-38(46)39-19-4-8-25-47(39)57)36-31-32-42-40-20-5-9-26-48(40)58(52(42)33-36)49-27-10-6-21-41(49)43-23-13-15-35-16-14-29-51(58)55(35)43/h1-34H. The summed E-state index contributed by atoms with van der Waals surface area (Å²) in [5, 5.41) is 4.92. The molecule has 0 bridgehead atoms. The summed E-state index contributed by atoms with van der Waals surface area (Å²) in [7, 11) is 0. The molecule has 1 unspecified atom stereocenters. The second-order valence-electron chi connectivity index (χ2n) is 16.6. The van der Waals surface area contributed by atoms with Gasteiger partial charge in [0, 0.05) is 16.5 Å². The van der Waals surface area contributed by atoms with Crippen molar-refractivity contribution in [3.63, 3.8) is 0 Å². The van der Waals surface area contributed by atoms with E-state index < -0.39 is 10.8 Å². The third-order valence-electron chi connectivity index (χ3n) is 14.1. The third kappa shape index (κ3) is 3.69. The highest BCUT2D eigenvalue weighted by Crippen LogP contribution is 2.65. The van der Waals surface area contributed by atoms with Crippen molar-refractivity contribution < 1.29 is 4.74 Å². The van der Waals surface area contributed by atoms with Crippen molar-refractivity contribution in [1.29, 1.82) is 0 Å². The molecule has 59 heavy (non-hydrogen) atoms. The lowest BCUT2D eigenvalue weighted by Gasteiger charge is -2.40. The van der Waals surface area contributed by atoms with Crippen LogP contribution in [0.5, 0.6) is 11.5 Å². The molecule has 0 aromatic heterocycles. The molecule has 10 aromatic rings. The Balaban J connectivity index is 1.11. The summed E-state index contributed by atoms with van der Waals surface area (Å²) in [5.74, 6) is 1.84. The minimum Gasteiger partial charge on any atom is -0.456 e. The topological polar surface area (TPSA) is 9.23 Å². The second kappa shape index (κ2) is 11.1. The average molecular weight is 747 g/mol. The Bertz CT molecular complexity index is 3450. The van der Waals surface area contributed by atoms with Gasteiger partial charge in [0.1, 0.15) is 11.5 Å². The molecule has 1 aliphatic heterocycles. The smallest absolute Gasteiger partial charge is 0.140 e. The lowest BCUT2D eigenvalue weighted by atomic mass is 9.61. The summed E-state index contributed by atoms with van der Waals surface area (Å²) in [6, 6.07) is 77.3. The maximum absolute atomic E-state index is 7.11. The van der Waals surface area contributed by atoms with E-state index in [2.05, 4.69) is 206 Å². The van der Waals surface area contributed by atoms with Crippen LogP contribution in [0.1, 0.15) is 44.5 Å². The maximum Gasteiger partial charge on any atom is 0.140 e. The van der Waals surface area contributed by atoms with Crippen LogP contribution in [0.3, 0.4) is 0 Å². The van der Waals surface area contributed by atoms with E-state index in [4.69, 9.17) is 4.74 Å². The molecule has 272 valence electrons. The summed E-state index contributed by atoms with van der Waals surface area (Å²) in [6.45, 7) is 0. The fourth-order valence-electron chi connectivity index (χ4n) is 12.0. The second-order valence-corrected chi connectivity index (χ2v) is 16.6. The molecule has 1 atom stereocenters. The zero-order valence-corrected chi connectivity index (χ0v) is 32.0. The Labute approximate surface area is 342 Å². The normalized spacial score (nSPS) is 16.5. The van der Waals surface area contributed by atoms with Crippen LogP contribution in [-0.4, -0.2) is 0 Å². The van der Waals surface area contributed by atoms with Crippen LogP contribution in [-0.2, 0) is 10.8 Å². The first kappa shape index (κ1) is 31.6. The minimum absolute atomic E-state index is 0.497. The highest BCUT2D eigenvalue weighted by atomic mass is 16.5. The molecule has 2 spiro atoms. The van der Waals surface area contributed by atoms with Crippen molar-refractivity contribution in [1.82, 2.24) is 0 Å². The van der Waals surface area contributed by atoms with Gasteiger partial charge >= 0.3 is 0 Å². The molecule has 3 aliphatic carbocycles. The summed E-state index contributed by atoms with van der Waals surface area (Å²) >= 11 is 0. The molecule has 0 N–H and O–H groups in total. The predicted octanol–water partition coefficient (Wildman–Crippen LogP) is 14.5. The van der Waals surface area contributed by atoms with Crippen LogP contribution in [0.15, 0.2) is 206 Å². The molecule has 0 radical (unpaired) electrons. The average Bonchev–Trinajstić information content (AvgIpc) is 3.76. The van der Waals surface area contributed by atoms with Gasteiger partial charge in [0.05, 0.1) is 10.8 Å². The van der Waals surface area contributed by atoms with Crippen LogP contribution in [0, 0.1) is 0 Å². The summed E-state index contributed by atoms with van der Waals surface area (Å²) in [4.78, 5) is 0. The van der Waals surface area contributed by atoms with Crippen LogP contribution in [0.4, 0.5) is 0 Å². The first-order valence-corrected chi connectivity index (χ1v) is 20.7. The first-order valence-electron chi connectivity index (χ1n) is 20.7. The molecule has 0 fully saturated rings. The number of hydrogen-bond donors (Lipinski definition) is 0. The van der Waals surface area contributed by atoms with E-state index in [0.29, 0.717) is 0 Å². The number of fused-ring (bicyclic) bond motifs is 20. The molecule has 4 aliphatic rings. The van der Waals surface area contributed by atoms with Crippen molar-refractivity contribution in [2.24, 2.45) is 0 Å². The van der Waals surface area contributed by atoms with E-state index in [1.165, 1.54) is 105 Å². The lowest BCUT2D eigenvalue weighted by Crippen LogP contribution is -2.32. The van der Waals surface area contributed by atoms with Gasteiger partial charge < -0.3 is 4.74 Å². The van der Waals surface area contributed by atoms with E-state index >= 15 is 0 Å². The van der Waals surface area contributed by atoms with Gasteiger partial charge in [-0.1, -0.05) is 188 Å². The molecule has 0 amide bonds. The summed E-state index contributed by atoms with van der Waals surface area (Å²) in [5.41, 5.74) is 19.5. The molecular weight excluding hydrogens is 713 g/mol. The Kier molecular flexibility index (Phi) is 5.96. The van der Waals surface area contributed by atoms with E-state index in [1.807, 2.05) is 0 Å². The monoisotopic (exact) mass is 746 g/mol. The van der Waals surface area contributed by atoms with Gasteiger partial charge in [-0.15, -0.1) is 0 Å². The zero-order valence-electron chi connectivity index (χ0n) is 32.0. The van der Waals surface area contributed by atoms with Crippen LogP contribution < -0.4 is 4.74 Å². The Hall–Kier alpha value is -7.48. The number of rotatable bonds is 1. The van der Waals surface area contributed by atoms with Gasteiger partial charge in [-0.25, -0.2) is 0 Å². The van der Waals surface area contributed by atoms with Gasteiger partial charge in [0.2, 0.25) is 0 Å². The third-order valence-corrected chi connectivity index (χ3v) is 14.1. The van der Waals surface area contributed by atoms with Gasteiger partial charge in [-0.05, 0) is 112 Å². The highest BCUT2D eigenvalue weighted by Gasteiger charge is 2.53. The number of para-hydroxylation sites is 1. The molecule has 0 saturated heterocycles. The van der Waals surface area contributed by atoms with Crippen LogP contribution in [0.2, 0.25) is 0 Å². The molecular formula is C58H34O. The highest BCUT2D eigenvalue weighted by molar-refractivity contribution is 6.08. The SMILES string of the molecule is c1ccc2c(c1)Oc1c(cc(-c3ccc4c(c3)C3(c5ccccc5-4)c4ccccc4-c4cccc5cccc3c45)c3ccccc13)C21c2ccccc2-c2ccccc21. The fraction of sp³-hybridized carbons (Fsp3) is 0.0345. The van der Waals surface area contributed by atoms with Gasteiger partial charge in [-0.2, -0.15) is 0 Å². The number of ether oxygens (including phenoxy) is 1. The van der Waals surface area contributed by atoms with Crippen molar-refractivity contribution in [2.45, 2.75) is 10.8 Å². The first-order chi connectivity index (χ1) is 29.3. The predicted molar refractivity (Wildman–Crippen MR) is 241 cm³/mol. The molecule has 10 aromatic carbocycles. The minimum atomic E-state index is -0.563. The molecule has 1 heteroatoms. The maximum atomic E-state index is 7.11. The van der Waals surface area contributed by atoms with E-state index in [9.17, 15) is 0 Å². The quantitative estimate of drug-likeness (QED) is 0.163. The van der Waals surface area contributed by atoms with Gasteiger partial charge in [-0.3, -0.25) is 0 Å². The van der Waals surface area contributed by atoms with Crippen molar-refractivity contribution >= 4 is 21.5 Å². The Morgan fingerprint density at radius 2 is 0.763 bits per heavy atom. The van der Waals surface area contributed by atoms with Crippen molar-refractivity contribution in [3.8, 4) is 56.0 Å². The molecule has 0 saturated carbocycles. The van der Waals surface area contributed by atoms with E-state index in [-0.39, 0.29) is 0 Å². The Morgan fingerprint density at radius 1 is 0.288 bits per heavy atom. The molecule has 14 rings (SSSR count). The van der Waals surface area contributed by atoms with Crippen molar-refractivity contribution in [2.75, 3.05) is 0 Å². The number of hydrogen-bond acceptors (Lipinski definition) is 1. The van der Waals surface area contributed by atoms with Crippen LogP contribution in [0.25, 0.3) is 66.1 Å². The van der Waals surface area contributed by atoms with Gasteiger partial charge in [0.25, 0.3) is 0 Å². The molecule has 1 heterocycles. The summed E-state index contributed by atoms with van der Waals surface area (Å²) < 4.78 is 7.11. The largest absolute Gasteiger partial charge is 0.456 e. The van der Waals surface area contributed by atoms with E-state index in [1.54, 1.807) is 0 Å². The Morgan fingerprint density at radius 3 is 1.42 bits per heavy atom. The van der Waals surface area contributed by atoms with Gasteiger partial charge in [0.15, 0.2) is 0 Å².